The minimum absolute atomic E-state index is 0.0523. The summed E-state index contributed by atoms with van der Waals surface area (Å²) in [7, 11) is -14.7. The Morgan fingerprint density at radius 2 is 1.24 bits per heavy atom. The van der Waals surface area contributed by atoms with Crippen molar-refractivity contribution in [3.63, 3.8) is 0 Å². The zero-order valence-electron chi connectivity index (χ0n) is 16.1. The van der Waals surface area contributed by atoms with Crippen molar-refractivity contribution in [2.45, 2.75) is 60.8 Å². The molecule has 6 nitrogen and oxygen atoms in total. The van der Waals surface area contributed by atoms with Crippen LogP contribution in [0.1, 0.15) is 43.6 Å². The van der Waals surface area contributed by atoms with Crippen LogP contribution in [0.4, 0.5) is 39.5 Å². The van der Waals surface area contributed by atoms with Crippen molar-refractivity contribution in [3.8, 4) is 5.75 Å². The van der Waals surface area contributed by atoms with E-state index in [0.717, 1.165) is 44.2 Å². The average molecular weight is 536 g/mol. The fourth-order valence-corrected chi connectivity index (χ4v) is 4.91. The summed E-state index contributed by atoms with van der Waals surface area (Å²) >= 11 is 0. The number of hydrogen-bond acceptors (Lipinski definition) is 5. The predicted molar refractivity (Wildman–Crippen MR) is 95.0 cm³/mol. The third kappa shape index (κ3) is 5.34. The molecule has 0 saturated heterocycles. The second-order valence-electron chi connectivity index (χ2n) is 7.08. The Hall–Kier alpha value is -1.75. The molecular weight excluding hydrogens is 521 g/mol. The molecule has 190 valence electrons. The summed E-state index contributed by atoms with van der Waals surface area (Å²) in [6.07, 6.45) is -2.03. The van der Waals surface area contributed by atoms with E-state index < -0.39 is 48.6 Å². The van der Waals surface area contributed by atoms with Gasteiger partial charge in [-0.05, 0) is 36.5 Å². The second-order valence-corrected chi connectivity index (χ2v) is 10.3. The lowest BCUT2D eigenvalue weighted by Gasteiger charge is -2.35. The van der Waals surface area contributed by atoms with Crippen LogP contribution in [0.3, 0.4) is 0 Å². The SMILES string of the molecule is O=S(=O)([N-]C(F)(F)F)C(F)(F)C(F)(F)C(F)(F)S(=O)(=O)Oc1ccc(C2CCCCC2)cc1. The first-order chi connectivity index (χ1) is 14.8. The maximum Gasteiger partial charge on any atom is 0.450 e. The molecule has 0 bridgehead atoms. The Morgan fingerprint density at radius 3 is 1.70 bits per heavy atom. The average Bonchev–Trinajstić information content (AvgIpc) is 2.66. The number of rotatable bonds is 8. The van der Waals surface area contributed by atoms with Crippen LogP contribution in [0.15, 0.2) is 24.3 Å². The Bertz CT molecular complexity index is 1050. The smallest absolute Gasteiger partial charge is 0.450 e. The number of sulfonamides is 1. The summed E-state index contributed by atoms with van der Waals surface area (Å²) < 4.78 is 168. The molecule has 1 aliphatic carbocycles. The lowest BCUT2D eigenvalue weighted by molar-refractivity contribution is -0.245. The maximum absolute atomic E-state index is 14.0. The van der Waals surface area contributed by atoms with Gasteiger partial charge in [-0.3, -0.25) is 0 Å². The van der Waals surface area contributed by atoms with Crippen LogP contribution in [-0.2, 0) is 20.1 Å². The van der Waals surface area contributed by atoms with Crippen molar-refractivity contribution in [1.82, 2.24) is 0 Å². The van der Waals surface area contributed by atoms with Crippen molar-refractivity contribution in [3.05, 3.63) is 34.6 Å². The van der Waals surface area contributed by atoms with Gasteiger partial charge in [0.25, 0.3) is 0 Å². The Labute approximate surface area is 182 Å². The van der Waals surface area contributed by atoms with Crippen LogP contribution in [0.25, 0.3) is 4.72 Å². The van der Waals surface area contributed by atoms with Crippen LogP contribution in [0, 0.1) is 0 Å². The highest BCUT2D eigenvalue weighted by Gasteiger charge is 2.81. The highest BCUT2D eigenvalue weighted by Crippen LogP contribution is 2.53. The molecular formula is C16H15F9NO5S2-. The van der Waals surface area contributed by atoms with Gasteiger partial charge in [0.2, 0.25) is 0 Å². The van der Waals surface area contributed by atoms with Crippen molar-refractivity contribution >= 4 is 20.1 Å². The van der Waals surface area contributed by atoms with E-state index in [1.807, 2.05) is 0 Å². The van der Waals surface area contributed by atoms with Gasteiger partial charge in [-0.1, -0.05) is 31.4 Å². The van der Waals surface area contributed by atoms with E-state index in [4.69, 9.17) is 0 Å². The highest BCUT2D eigenvalue weighted by molar-refractivity contribution is 7.95. The van der Waals surface area contributed by atoms with Crippen LogP contribution < -0.4 is 4.18 Å². The fraction of sp³-hybridized carbons (Fsp3) is 0.625. The fourth-order valence-electron chi connectivity index (χ4n) is 3.09. The summed E-state index contributed by atoms with van der Waals surface area (Å²) in [5.41, 5.74) is 0.642. The number of halogens is 9. The molecule has 0 spiro atoms. The molecule has 0 amide bonds. The van der Waals surface area contributed by atoms with E-state index in [0.29, 0.717) is 10.3 Å². The molecule has 0 N–H and O–H groups in total. The monoisotopic (exact) mass is 536 g/mol. The lowest BCUT2D eigenvalue weighted by Crippen LogP contribution is -2.61. The van der Waals surface area contributed by atoms with Gasteiger partial charge in [0, 0.05) is 0 Å². The van der Waals surface area contributed by atoms with Gasteiger partial charge < -0.3 is 8.91 Å². The van der Waals surface area contributed by atoms with Crippen LogP contribution in [-0.4, -0.2) is 39.6 Å². The summed E-state index contributed by atoms with van der Waals surface area (Å²) in [6.45, 7) is 0. The first-order valence-corrected chi connectivity index (χ1v) is 11.8. The van der Waals surface area contributed by atoms with Crippen LogP contribution in [0.2, 0.25) is 0 Å². The van der Waals surface area contributed by atoms with Crippen LogP contribution >= 0.6 is 0 Å². The standard InChI is InChI=1S/C16H15F9NO5S2/c17-13(18,14(19,20)32(27,28)26-16(23,24)25)15(21,22)33(29,30)31-12-8-6-11(7-9-12)10-4-2-1-3-5-10/h6-10H,1-5H2/q-1. The van der Waals surface area contributed by atoms with E-state index >= 15 is 0 Å². The molecule has 0 aliphatic heterocycles. The molecule has 2 rings (SSSR count). The molecule has 0 aromatic heterocycles. The summed E-state index contributed by atoms with van der Waals surface area (Å²) in [5.74, 6) is -8.36. The van der Waals surface area contributed by atoms with Crippen molar-refractivity contribution < 1.29 is 60.5 Å². The molecule has 1 aliphatic rings. The first kappa shape index (κ1) is 27.5. The van der Waals surface area contributed by atoms with Crippen molar-refractivity contribution in [1.29, 1.82) is 0 Å². The van der Waals surface area contributed by atoms with Crippen molar-refractivity contribution in [2.24, 2.45) is 0 Å². The Kier molecular flexibility index (Phi) is 7.33. The zero-order chi connectivity index (χ0) is 25.5. The van der Waals surface area contributed by atoms with Gasteiger partial charge in [0.15, 0.2) is 10.0 Å². The number of benzene rings is 1. The van der Waals surface area contributed by atoms with Crippen molar-refractivity contribution in [2.75, 3.05) is 0 Å². The molecule has 0 radical (unpaired) electrons. The summed E-state index contributed by atoms with van der Waals surface area (Å²) in [6, 6.07) is 4.03. The largest absolute Gasteiger partial charge is 0.452 e. The molecule has 0 unspecified atom stereocenters. The molecule has 0 atom stereocenters. The van der Waals surface area contributed by atoms with E-state index in [-0.39, 0.29) is 5.92 Å². The van der Waals surface area contributed by atoms with Gasteiger partial charge in [-0.15, -0.1) is 0 Å². The second kappa shape index (κ2) is 8.79. The minimum atomic E-state index is -7.69. The summed E-state index contributed by atoms with van der Waals surface area (Å²) in [5, 5.41) is -14.3. The predicted octanol–water partition coefficient (Wildman–Crippen LogP) is 5.49. The maximum atomic E-state index is 14.0. The molecule has 1 aromatic rings. The lowest BCUT2D eigenvalue weighted by atomic mass is 9.84. The molecule has 1 fully saturated rings. The van der Waals surface area contributed by atoms with Gasteiger partial charge in [0.1, 0.15) is 5.75 Å². The first-order valence-electron chi connectivity index (χ1n) is 8.98. The van der Waals surface area contributed by atoms with E-state index in [2.05, 4.69) is 4.18 Å². The van der Waals surface area contributed by atoms with Gasteiger partial charge in [-0.2, -0.15) is 47.9 Å². The normalized spacial score (nSPS) is 17.7. The van der Waals surface area contributed by atoms with Gasteiger partial charge >= 0.3 is 32.9 Å². The minimum Gasteiger partial charge on any atom is -0.452 e. The summed E-state index contributed by atoms with van der Waals surface area (Å²) in [4.78, 5) is 0. The molecule has 1 saturated carbocycles. The third-order valence-electron chi connectivity index (χ3n) is 4.76. The van der Waals surface area contributed by atoms with E-state index in [9.17, 15) is 56.3 Å². The topological polar surface area (TPSA) is 91.6 Å². The Balaban J connectivity index is 2.32. The molecule has 33 heavy (non-hydrogen) atoms. The molecule has 1 aromatic carbocycles. The molecule has 17 heteroatoms. The quantitative estimate of drug-likeness (QED) is 0.249. The Morgan fingerprint density at radius 1 is 0.758 bits per heavy atom. The highest BCUT2D eigenvalue weighted by atomic mass is 32.2. The van der Waals surface area contributed by atoms with E-state index in [1.54, 1.807) is 0 Å². The number of nitrogens with zero attached hydrogens (tertiary/aromatic N) is 1. The van der Waals surface area contributed by atoms with Crippen LogP contribution in [0.5, 0.6) is 5.75 Å². The third-order valence-corrected chi connectivity index (χ3v) is 7.40. The zero-order valence-corrected chi connectivity index (χ0v) is 17.8. The van der Waals surface area contributed by atoms with Gasteiger partial charge in [-0.25, -0.2) is 8.42 Å². The number of alkyl halides is 9. The molecule has 0 heterocycles. The number of hydrogen-bond donors (Lipinski definition) is 0. The van der Waals surface area contributed by atoms with Gasteiger partial charge in [0.05, 0.1) is 0 Å². The van der Waals surface area contributed by atoms with E-state index in [1.165, 1.54) is 12.1 Å².